The SMILES string of the molecule is C#CCN(Cc1cc(CNCC(C)C)sc1C)CC1CC1. The number of terminal acetylenes is 1. The number of hydrogen-bond acceptors (Lipinski definition) is 3. The molecule has 1 N–H and O–H groups in total. The normalized spacial score (nSPS) is 14.9. The number of hydrogen-bond donors (Lipinski definition) is 1. The second-order valence-electron chi connectivity index (χ2n) is 6.64. The van der Waals surface area contributed by atoms with Crippen LogP contribution in [0.3, 0.4) is 0 Å². The summed E-state index contributed by atoms with van der Waals surface area (Å²) in [4.78, 5) is 5.31. The summed E-state index contributed by atoms with van der Waals surface area (Å²) in [6.45, 7) is 11.7. The van der Waals surface area contributed by atoms with Crippen LogP contribution in [0, 0.1) is 31.1 Å². The van der Waals surface area contributed by atoms with Gasteiger partial charge in [0, 0.05) is 29.4 Å². The van der Waals surface area contributed by atoms with Crippen LogP contribution in [0.4, 0.5) is 0 Å². The zero-order chi connectivity index (χ0) is 15.2. The van der Waals surface area contributed by atoms with E-state index in [-0.39, 0.29) is 0 Å². The van der Waals surface area contributed by atoms with Gasteiger partial charge in [-0.3, -0.25) is 4.90 Å². The first-order valence-electron chi connectivity index (χ1n) is 8.03. The highest BCUT2D eigenvalue weighted by Crippen LogP contribution is 2.31. The Labute approximate surface area is 133 Å². The van der Waals surface area contributed by atoms with Gasteiger partial charge in [0.1, 0.15) is 0 Å². The monoisotopic (exact) mass is 304 g/mol. The largest absolute Gasteiger partial charge is 0.312 e. The molecule has 0 atom stereocenters. The van der Waals surface area contributed by atoms with E-state index in [1.54, 1.807) is 0 Å². The quantitative estimate of drug-likeness (QED) is 0.701. The first kappa shape index (κ1) is 16.5. The second kappa shape index (κ2) is 7.98. The molecule has 0 aromatic carbocycles. The van der Waals surface area contributed by atoms with E-state index in [0.29, 0.717) is 5.92 Å². The third kappa shape index (κ3) is 5.82. The molecule has 3 heteroatoms. The molecular formula is C18H28N2S. The van der Waals surface area contributed by atoms with Gasteiger partial charge in [0.2, 0.25) is 0 Å². The smallest absolute Gasteiger partial charge is 0.0601 e. The molecule has 1 fully saturated rings. The van der Waals surface area contributed by atoms with Crippen molar-refractivity contribution in [2.75, 3.05) is 19.6 Å². The Balaban J connectivity index is 1.89. The molecule has 2 nitrogen and oxygen atoms in total. The molecule has 1 saturated carbocycles. The minimum Gasteiger partial charge on any atom is -0.312 e. The lowest BCUT2D eigenvalue weighted by atomic mass is 10.2. The van der Waals surface area contributed by atoms with E-state index in [1.165, 1.54) is 34.7 Å². The summed E-state index contributed by atoms with van der Waals surface area (Å²) in [5.74, 6) is 4.41. The van der Waals surface area contributed by atoms with E-state index in [9.17, 15) is 0 Å². The summed E-state index contributed by atoms with van der Waals surface area (Å²) in [5.41, 5.74) is 1.46. The minimum atomic E-state index is 0.704. The molecule has 0 spiro atoms. The highest BCUT2D eigenvalue weighted by molar-refractivity contribution is 7.12. The topological polar surface area (TPSA) is 15.3 Å². The van der Waals surface area contributed by atoms with E-state index in [1.807, 2.05) is 11.3 Å². The van der Waals surface area contributed by atoms with Crippen molar-refractivity contribution in [1.29, 1.82) is 0 Å². The van der Waals surface area contributed by atoms with Crippen molar-refractivity contribution in [1.82, 2.24) is 10.2 Å². The maximum absolute atomic E-state index is 5.52. The van der Waals surface area contributed by atoms with Crippen LogP contribution in [0.25, 0.3) is 0 Å². The molecule has 0 saturated heterocycles. The first-order chi connectivity index (χ1) is 10.1. The summed E-state index contributed by atoms with van der Waals surface area (Å²) < 4.78 is 0. The van der Waals surface area contributed by atoms with Gasteiger partial charge in [-0.25, -0.2) is 0 Å². The molecule has 0 amide bonds. The number of nitrogens with zero attached hydrogens (tertiary/aromatic N) is 1. The van der Waals surface area contributed by atoms with Gasteiger partial charge in [-0.2, -0.15) is 0 Å². The lowest BCUT2D eigenvalue weighted by Gasteiger charge is -2.19. The summed E-state index contributed by atoms with van der Waals surface area (Å²) in [7, 11) is 0. The van der Waals surface area contributed by atoms with Crippen LogP contribution in [0.15, 0.2) is 6.07 Å². The number of nitrogens with one attached hydrogen (secondary N) is 1. The Bertz CT molecular complexity index is 480. The zero-order valence-electron chi connectivity index (χ0n) is 13.6. The average molecular weight is 305 g/mol. The van der Waals surface area contributed by atoms with Crippen LogP contribution in [-0.2, 0) is 13.1 Å². The van der Waals surface area contributed by atoms with Crippen molar-refractivity contribution < 1.29 is 0 Å². The Morgan fingerprint density at radius 1 is 1.48 bits per heavy atom. The van der Waals surface area contributed by atoms with Crippen LogP contribution in [0.1, 0.15) is 42.0 Å². The maximum atomic E-state index is 5.52. The maximum Gasteiger partial charge on any atom is 0.0601 e. The predicted molar refractivity (Wildman–Crippen MR) is 92.4 cm³/mol. The van der Waals surface area contributed by atoms with Crippen molar-refractivity contribution >= 4 is 11.3 Å². The molecule has 0 bridgehead atoms. The molecule has 1 aliphatic rings. The Hall–Kier alpha value is -0.820. The standard InChI is InChI=1S/C18H28N2S/c1-5-8-20(12-16-6-7-16)13-17-9-18(21-15(17)4)11-19-10-14(2)3/h1,9,14,16,19H,6-8,10-13H2,2-4H3. The lowest BCUT2D eigenvalue weighted by molar-refractivity contribution is 0.286. The fourth-order valence-electron chi connectivity index (χ4n) is 2.54. The lowest BCUT2D eigenvalue weighted by Crippen LogP contribution is -2.26. The first-order valence-corrected chi connectivity index (χ1v) is 8.84. The van der Waals surface area contributed by atoms with Gasteiger partial charge in [-0.1, -0.05) is 19.8 Å². The summed E-state index contributed by atoms with van der Waals surface area (Å²) in [6, 6.07) is 2.36. The Morgan fingerprint density at radius 2 is 2.24 bits per heavy atom. The molecular weight excluding hydrogens is 276 g/mol. The fraction of sp³-hybridized carbons (Fsp3) is 0.667. The number of aryl methyl sites for hydroxylation is 1. The third-order valence-corrected chi connectivity index (χ3v) is 4.94. The molecule has 116 valence electrons. The summed E-state index contributed by atoms with van der Waals surface area (Å²) in [5, 5.41) is 3.53. The summed E-state index contributed by atoms with van der Waals surface area (Å²) >= 11 is 1.92. The highest BCUT2D eigenvalue weighted by atomic mass is 32.1. The van der Waals surface area contributed by atoms with Crippen LogP contribution in [-0.4, -0.2) is 24.5 Å². The zero-order valence-corrected chi connectivity index (χ0v) is 14.4. The summed E-state index contributed by atoms with van der Waals surface area (Å²) in [6.07, 6.45) is 8.28. The van der Waals surface area contributed by atoms with Crippen molar-refractivity contribution in [3.05, 3.63) is 21.4 Å². The van der Waals surface area contributed by atoms with E-state index in [4.69, 9.17) is 6.42 Å². The molecule has 0 aliphatic heterocycles. The van der Waals surface area contributed by atoms with Gasteiger partial charge < -0.3 is 5.32 Å². The van der Waals surface area contributed by atoms with Gasteiger partial charge in [0.15, 0.2) is 0 Å². The molecule has 21 heavy (non-hydrogen) atoms. The Kier molecular flexibility index (Phi) is 6.29. The minimum absolute atomic E-state index is 0.704. The van der Waals surface area contributed by atoms with E-state index in [2.05, 4.69) is 43.0 Å². The number of thiophene rings is 1. The Morgan fingerprint density at radius 3 is 2.86 bits per heavy atom. The second-order valence-corrected chi connectivity index (χ2v) is 7.98. The number of rotatable bonds is 9. The van der Waals surface area contributed by atoms with E-state index in [0.717, 1.165) is 32.1 Å². The highest BCUT2D eigenvalue weighted by Gasteiger charge is 2.24. The molecule has 1 aromatic heterocycles. The third-order valence-electron chi connectivity index (χ3n) is 3.85. The van der Waals surface area contributed by atoms with Gasteiger partial charge in [-0.15, -0.1) is 17.8 Å². The fourth-order valence-corrected chi connectivity index (χ4v) is 3.56. The predicted octanol–water partition coefficient (Wildman–Crippen LogP) is 3.65. The van der Waals surface area contributed by atoms with Crippen LogP contribution in [0.5, 0.6) is 0 Å². The van der Waals surface area contributed by atoms with Crippen LogP contribution >= 0.6 is 11.3 Å². The average Bonchev–Trinajstić information content (AvgIpc) is 3.15. The van der Waals surface area contributed by atoms with Gasteiger partial charge in [0.25, 0.3) is 0 Å². The molecule has 2 rings (SSSR count). The van der Waals surface area contributed by atoms with E-state index >= 15 is 0 Å². The van der Waals surface area contributed by atoms with Gasteiger partial charge in [0.05, 0.1) is 6.54 Å². The molecule has 1 aliphatic carbocycles. The van der Waals surface area contributed by atoms with Crippen molar-refractivity contribution in [2.45, 2.75) is 46.7 Å². The van der Waals surface area contributed by atoms with Crippen LogP contribution in [0.2, 0.25) is 0 Å². The van der Waals surface area contributed by atoms with E-state index < -0.39 is 0 Å². The molecule has 0 unspecified atom stereocenters. The van der Waals surface area contributed by atoms with Crippen molar-refractivity contribution in [2.24, 2.45) is 11.8 Å². The molecule has 0 radical (unpaired) electrons. The molecule has 1 aromatic rings. The van der Waals surface area contributed by atoms with Crippen LogP contribution < -0.4 is 5.32 Å². The van der Waals surface area contributed by atoms with Crippen molar-refractivity contribution in [3.63, 3.8) is 0 Å². The van der Waals surface area contributed by atoms with Gasteiger partial charge >= 0.3 is 0 Å². The van der Waals surface area contributed by atoms with Crippen molar-refractivity contribution in [3.8, 4) is 12.3 Å². The molecule has 1 heterocycles. The van der Waals surface area contributed by atoms with Gasteiger partial charge in [-0.05, 0) is 49.8 Å².